The number of hydrogen-bond acceptors (Lipinski definition) is 4. The van der Waals surface area contributed by atoms with Gasteiger partial charge >= 0.3 is 0 Å². The second kappa shape index (κ2) is 8.31. The molecule has 170 valence electrons. The van der Waals surface area contributed by atoms with Gasteiger partial charge in [0.1, 0.15) is 5.65 Å². The molecule has 8 nitrogen and oxygen atoms in total. The van der Waals surface area contributed by atoms with Crippen molar-refractivity contribution >= 4 is 34.2 Å². The number of halogens is 1. The number of nitrogens with one attached hydrogen (secondary N) is 2. The molecule has 9 heteroatoms. The number of fused-ring (bicyclic) bond motifs is 1. The van der Waals surface area contributed by atoms with Crippen molar-refractivity contribution in [3.05, 3.63) is 72.4 Å². The number of benzene rings is 1. The second-order valence-electron chi connectivity index (χ2n) is 8.11. The van der Waals surface area contributed by atoms with Gasteiger partial charge in [-0.2, -0.15) is 10.2 Å². The second-order valence-corrected chi connectivity index (χ2v) is 8.49. The van der Waals surface area contributed by atoms with E-state index in [-0.39, 0.29) is 5.91 Å². The minimum absolute atomic E-state index is 0.273. The van der Waals surface area contributed by atoms with Gasteiger partial charge in [-0.1, -0.05) is 30.3 Å². The SMILES string of the molecule is C=CC(=O)Nc1cc(-c2c(-c3cnn(C)c3)[nH]c3ncc(-c4cnn(C)c4)c(Cl)c23)ccc1C. The summed E-state index contributed by atoms with van der Waals surface area (Å²) in [5, 5.41) is 12.8. The lowest BCUT2D eigenvalue weighted by Gasteiger charge is -2.11. The first-order valence-corrected chi connectivity index (χ1v) is 11.0. The van der Waals surface area contributed by atoms with E-state index in [9.17, 15) is 4.79 Å². The van der Waals surface area contributed by atoms with E-state index in [1.54, 1.807) is 28.0 Å². The van der Waals surface area contributed by atoms with Gasteiger partial charge in [0.25, 0.3) is 0 Å². The molecule has 0 aliphatic carbocycles. The lowest BCUT2D eigenvalue weighted by atomic mass is 9.97. The van der Waals surface area contributed by atoms with Gasteiger partial charge in [0, 0.05) is 66.0 Å². The Balaban J connectivity index is 1.80. The van der Waals surface area contributed by atoms with Crippen LogP contribution in [0.25, 0.3) is 44.5 Å². The molecule has 5 aromatic rings. The summed E-state index contributed by atoms with van der Waals surface area (Å²) in [5.41, 5.74) is 7.43. The average molecular weight is 472 g/mol. The fourth-order valence-electron chi connectivity index (χ4n) is 4.03. The number of H-pyrrole nitrogens is 1. The maximum Gasteiger partial charge on any atom is 0.247 e. The molecule has 5 rings (SSSR count). The van der Waals surface area contributed by atoms with Crippen LogP contribution in [-0.2, 0) is 18.9 Å². The third kappa shape index (κ3) is 3.68. The van der Waals surface area contributed by atoms with E-state index in [4.69, 9.17) is 11.6 Å². The molecule has 4 heterocycles. The molecule has 0 atom stereocenters. The molecule has 0 aliphatic heterocycles. The Bertz CT molecular complexity index is 1570. The van der Waals surface area contributed by atoms with Gasteiger partial charge < -0.3 is 10.3 Å². The van der Waals surface area contributed by atoms with Crippen LogP contribution in [0.2, 0.25) is 5.02 Å². The van der Waals surface area contributed by atoms with Crippen molar-refractivity contribution in [1.82, 2.24) is 29.5 Å². The van der Waals surface area contributed by atoms with E-state index in [1.165, 1.54) is 6.08 Å². The van der Waals surface area contributed by atoms with Gasteiger partial charge in [0.15, 0.2) is 0 Å². The molecule has 34 heavy (non-hydrogen) atoms. The maximum atomic E-state index is 12.0. The van der Waals surface area contributed by atoms with Gasteiger partial charge in [0.2, 0.25) is 5.91 Å². The topological polar surface area (TPSA) is 93.4 Å². The van der Waals surface area contributed by atoms with E-state index < -0.39 is 0 Å². The van der Waals surface area contributed by atoms with Crippen molar-refractivity contribution in [2.45, 2.75) is 6.92 Å². The Morgan fingerprint density at radius 1 is 1.09 bits per heavy atom. The molecule has 2 N–H and O–H groups in total. The van der Waals surface area contributed by atoms with Crippen LogP contribution in [0.4, 0.5) is 5.69 Å². The molecular weight excluding hydrogens is 450 g/mol. The number of amides is 1. The Morgan fingerprint density at radius 3 is 2.44 bits per heavy atom. The molecule has 0 aliphatic rings. The number of carbonyl (C=O) groups excluding carboxylic acids is 1. The lowest BCUT2D eigenvalue weighted by Crippen LogP contribution is -2.08. The standard InChI is InChI=1S/C25H22ClN7O/c1-5-20(34)30-19-8-15(7-6-14(19)2)21-22-23(26)18(16-9-28-32(3)12-16)11-27-25(22)31-24(21)17-10-29-33(4)13-17/h5-13H,1H2,2-4H3,(H,27,31)(H,30,34). The maximum absolute atomic E-state index is 12.0. The molecular formula is C25H22ClN7O. The van der Waals surface area contributed by atoms with Gasteiger partial charge in [-0.3, -0.25) is 14.2 Å². The first kappa shape index (κ1) is 21.7. The Morgan fingerprint density at radius 2 is 1.79 bits per heavy atom. The van der Waals surface area contributed by atoms with Crippen molar-refractivity contribution in [1.29, 1.82) is 0 Å². The highest BCUT2D eigenvalue weighted by Gasteiger charge is 2.22. The molecule has 0 saturated heterocycles. The number of nitrogens with zero attached hydrogens (tertiary/aromatic N) is 5. The zero-order valence-electron chi connectivity index (χ0n) is 18.9. The highest BCUT2D eigenvalue weighted by molar-refractivity contribution is 6.39. The molecule has 1 amide bonds. The summed E-state index contributed by atoms with van der Waals surface area (Å²) >= 11 is 7.02. The average Bonchev–Trinajstić information content (AvgIpc) is 3.54. The normalized spacial score (nSPS) is 11.2. The van der Waals surface area contributed by atoms with Crippen LogP contribution in [-0.4, -0.2) is 35.4 Å². The molecule has 1 aromatic carbocycles. The minimum atomic E-state index is -0.273. The monoisotopic (exact) mass is 471 g/mol. The first-order valence-electron chi connectivity index (χ1n) is 10.6. The van der Waals surface area contributed by atoms with E-state index in [2.05, 4.69) is 32.1 Å². The van der Waals surface area contributed by atoms with Crippen LogP contribution >= 0.6 is 11.6 Å². The smallest absolute Gasteiger partial charge is 0.247 e. The number of pyridine rings is 1. The molecule has 0 radical (unpaired) electrons. The summed E-state index contributed by atoms with van der Waals surface area (Å²) in [4.78, 5) is 20.1. The molecule has 4 aromatic heterocycles. The predicted molar refractivity (Wildman–Crippen MR) is 135 cm³/mol. The van der Waals surface area contributed by atoms with Crippen LogP contribution < -0.4 is 5.32 Å². The van der Waals surface area contributed by atoms with E-state index in [0.29, 0.717) is 16.4 Å². The van der Waals surface area contributed by atoms with Crippen LogP contribution in [0, 0.1) is 6.92 Å². The Kier molecular flexibility index (Phi) is 5.30. The van der Waals surface area contributed by atoms with Gasteiger partial charge in [0.05, 0.1) is 23.1 Å². The van der Waals surface area contributed by atoms with E-state index in [1.807, 2.05) is 51.6 Å². The molecule has 0 saturated carbocycles. The molecule has 0 fully saturated rings. The zero-order chi connectivity index (χ0) is 24.0. The number of aromatic amines is 1. The fraction of sp³-hybridized carbons (Fsp3) is 0.120. The minimum Gasteiger partial charge on any atom is -0.339 e. The largest absolute Gasteiger partial charge is 0.339 e. The van der Waals surface area contributed by atoms with Crippen LogP contribution in [0.5, 0.6) is 0 Å². The number of rotatable bonds is 5. The van der Waals surface area contributed by atoms with Crippen LogP contribution in [0.1, 0.15) is 5.56 Å². The Hall–Kier alpha value is -4.17. The third-order valence-electron chi connectivity index (χ3n) is 5.74. The number of aromatic nitrogens is 6. The van der Waals surface area contributed by atoms with Gasteiger partial charge in [-0.15, -0.1) is 0 Å². The van der Waals surface area contributed by atoms with Gasteiger partial charge in [-0.25, -0.2) is 4.98 Å². The molecule has 0 bridgehead atoms. The summed E-state index contributed by atoms with van der Waals surface area (Å²) in [6.45, 7) is 5.49. The summed E-state index contributed by atoms with van der Waals surface area (Å²) in [7, 11) is 3.73. The molecule has 0 spiro atoms. The summed E-state index contributed by atoms with van der Waals surface area (Å²) in [5.74, 6) is -0.273. The van der Waals surface area contributed by atoms with Crippen molar-refractivity contribution in [3.8, 4) is 33.5 Å². The van der Waals surface area contributed by atoms with Crippen LogP contribution in [0.15, 0.2) is 61.8 Å². The fourth-order valence-corrected chi connectivity index (χ4v) is 4.37. The van der Waals surface area contributed by atoms with E-state index in [0.717, 1.165) is 44.5 Å². The van der Waals surface area contributed by atoms with Crippen molar-refractivity contribution in [2.24, 2.45) is 14.1 Å². The highest BCUT2D eigenvalue weighted by atomic mass is 35.5. The first-order chi connectivity index (χ1) is 16.4. The van der Waals surface area contributed by atoms with Crippen molar-refractivity contribution in [3.63, 3.8) is 0 Å². The quantitative estimate of drug-likeness (QED) is 0.348. The summed E-state index contributed by atoms with van der Waals surface area (Å²) < 4.78 is 3.47. The Labute approximate surface area is 200 Å². The van der Waals surface area contributed by atoms with E-state index >= 15 is 0 Å². The number of aryl methyl sites for hydroxylation is 3. The molecule has 0 unspecified atom stereocenters. The number of anilines is 1. The summed E-state index contributed by atoms with van der Waals surface area (Å²) in [6.07, 6.45) is 10.4. The third-order valence-corrected chi connectivity index (χ3v) is 6.13. The van der Waals surface area contributed by atoms with Crippen LogP contribution in [0.3, 0.4) is 0 Å². The summed E-state index contributed by atoms with van der Waals surface area (Å²) in [6, 6.07) is 5.91. The van der Waals surface area contributed by atoms with Crippen molar-refractivity contribution in [2.75, 3.05) is 5.32 Å². The zero-order valence-corrected chi connectivity index (χ0v) is 19.7. The number of carbonyl (C=O) groups is 1. The number of hydrogen-bond donors (Lipinski definition) is 2. The lowest BCUT2D eigenvalue weighted by molar-refractivity contribution is -0.111. The predicted octanol–water partition coefficient (Wildman–Crippen LogP) is 5.12. The van der Waals surface area contributed by atoms with Gasteiger partial charge in [-0.05, 0) is 30.2 Å². The van der Waals surface area contributed by atoms with Crippen molar-refractivity contribution < 1.29 is 4.79 Å². The highest BCUT2D eigenvalue weighted by Crippen LogP contribution is 2.44.